The van der Waals surface area contributed by atoms with E-state index in [1.54, 1.807) is 24.3 Å². The molecule has 8 heteroatoms. The van der Waals surface area contributed by atoms with Crippen LogP contribution in [0.2, 0.25) is 0 Å². The number of hydrogen-bond donors (Lipinski definition) is 0. The first-order valence-electron chi connectivity index (χ1n) is 9.28. The fraction of sp³-hybridized carbons (Fsp3) is 0.381. The predicted molar refractivity (Wildman–Crippen MR) is 111 cm³/mol. The van der Waals surface area contributed by atoms with Crippen LogP contribution in [0.3, 0.4) is 0 Å². The Labute approximate surface area is 174 Å². The van der Waals surface area contributed by atoms with Crippen molar-refractivity contribution in [3.8, 4) is 0 Å². The molecule has 0 aliphatic carbocycles. The van der Waals surface area contributed by atoms with Crippen LogP contribution in [-0.4, -0.2) is 42.0 Å². The van der Waals surface area contributed by atoms with Gasteiger partial charge < -0.3 is 14.2 Å². The molecule has 3 rings (SSSR count). The summed E-state index contributed by atoms with van der Waals surface area (Å²) in [7, 11) is 0. The van der Waals surface area contributed by atoms with Crippen molar-refractivity contribution in [1.82, 2.24) is 0 Å². The molecule has 0 N–H and O–H groups in total. The van der Waals surface area contributed by atoms with Crippen molar-refractivity contribution in [2.75, 3.05) is 6.26 Å². The summed E-state index contributed by atoms with van der Waals surface area (Å²) in [5, 5.41) is 3.89. The highest BCUT2D eigenvalue weighted by atomic mass is 32.2. The SMILES string of the molecule is CS[C@@H]1OC(C)[C@@H](N=[N+]=[N-])C(OCc2ccccc2)C1OC(=O)c1ccccc1. The molecule has 1 heterocycles. The van der Waals surface area contributed by atoms with Gasteiger partial charge in [-0.1, -0.05) is 53.6 Å². The Balaban J connectivity index is 1.85. The number of thioether (sulfide) groups is 1. The summed E-state index contributed by atoms with van der Waals surface area (Å²) >= 11 is 1.43. The van der Waals surface area contributed by atoms with Crippen LogP contribution >= 0.6 is 11.8 Å². The lowest BCUT2D eigenvalue weighted by Gasteiger charge is -2.43. The molecule has 1 fully saturated rings. The molecule has 152 valence electrons. The Morgan fingerprint density at radius 1 is 1.14 bits per heavy atom. The van der Waals surface area contributed by atoms with Gasteiger partial charge in [0.05, 0.1) is 24.3 Å². The standard InChI is InChI=1S/C21H23N3O4S/c1-14-17(23-24-22)18(26-13-15-9-5-3-6-10-15)19(21(27-14)29-2)28-20(25)16-11-7-4-8-12-16/h3-12,14,17-19,21H,13H2,1-2H3/t14?,17-,18?,19?,21+/m1/s1. The van der Waals surface area contributed by atoms with Crippen molar-refractivity contribution in [3.05, 3.63) is 82.2 Å². The van der Waals surface area contributed by atoms with Gasteiger partial charge in [-0.05, 0) is 36.4 Å². The molecule has 0 saturated carbocycles. The Kier molecular flexibility index (Phi) is 7.55. The molecule has 0 aromatic heterocycles. The lowest BCUT2D eigenvalue weighted by molar-refractivity contribution is -0.167. The molecule has 5 atom stereocenters. The molecule has 3 unspecified atom stereocenters. The third kappa shape index (κ3) is 5.31. The Hall–Kier alpha value is -2.51. The normalized spacial score (nSPS) is 26.3. The number of carbonyl (C=O) groups excluding carboxylic acids is 1. The van der Waals surface area contributed by atoms with Crippen LogP contribution in [0.4, 0.5) is 0 Å². The van der Waals surface area contributed by atoms with E-state index in [1.807, 2.05) is 49.6 Å². The predicted octanol–water partition coefficient (Wildman–Crippen LogP) is 4.58. The zero-order chi connectivity index (χ0) is 20.6. The fourth-order valence-electron chi connectivity index (χ4n) is 3.24. The minimum absolute atomic E-state index is 0.302. The van der Waals surface area contributed by atoms with Crippen LogP contribution in [-0.2, 0) is 20.8 Å². The maximum Gasteiger partial charge on any atom is 0.338 e. The molecule has 1 aliphatic heterocycles. The topological polar surface area (TPSA) is 93.5 Å². The largest absolute Gasteiger partial charge is 0.452 e. The van der Waals surface area contributed by atoms with Gasteiger partial charge in [-0.3, -0.25) is 0 Å². The van der Waals surface area contributed by atoms with E-state index in [2.05, 4.69) is 10.0 Å². The number of nitrogens with zero attached hydrogens (tertiary/aromatic N) is 3. The van der Waals surface area contributed by atoms with Gasteiger partial charge in [0.2, 0.25) is 0 Å². The number of hydrogen-bond acceptors (Lipinski definition) is 6. The Morgan fingerprint density at radius 3 is 2.41 bits per heavy atom. The van der Waals surface area contributed by atoms with Gasteiger partial charge in [-0.2, -0.15) is 0 Å². The van der Waals surface area contributed by atoms with Gasteiger partial charge in [0.25, 0.3) is 0 Å². The van der Waals surface area contributed by atoms with Crippen molar-refractivity contribution in [1.29, 1.82) is 0 Å². The van der Waals surface area contributed by atoms with Gasteiger partial charge in [0.15, 0.2) is 6.10 Å². The van der Waals surface area contributed by atoms with Crippen LogP contribution in [0.1, 0.15) is 22.8 Å². The molecule has 29 heavy (non-hydrogen) atoms. The number of esters is 1. The number of ether oxygens (including phenoxy) is 3. The maximum absolute atomic E-state index is 12.7. The highest BCUT2D eigenvalue weighted by molar-refractivity contribution is 7.99. The van der Waals surface area contributed by atoms with E-state index in [1.165, 1.54) is 11.8 Å². The van der Waals surface area contributed by atoms with E-state index in [0.717, 1.165) is 5.56 Å². The van der Waals surface area contributed by atoms with E-state index in [-0.39, 0.29) is 6.10 Å². The van der Waals surface area contributed by atoms with E-state index < -0.39 is 29.7 Å². The Morgan fingerprint density at radius 2 is 1.79 bits per heavy atom. The summed E-state index contributed by atoms with van der Waals surface area (Å²) in [6, 6.07) is 17.8. The van der Waals surface area contributed by atoms with Crippen molar-refractivity contribution >= 4 is 17.7 Å². The first kappa shape index (κ1) is 21.2. The highest BCUT2D eigenvalue weighted by Gasteiger charge is 2.47. The molecular formula is C21H23N3O4S. The molecule has 0 bridgehead atoms. The van der Waals surface area contributed by atoms with Crippen molar-refractivity contribution < 1.29 is 19.0 Å². The first-order valence-corrected chi connectivity index (χ1v) is 10.6. The second kappa shape index (κ2) is 10.3. The number of carbonyl (C=O) groups is 1. The van der Waals surface area contributed by atoms with E-state index in [9.17, 15) is 4.79 Å². The second-order valence-corrected chi connectivity index (χ2v) is 7.57. The van der Waals surface area contributed by atoms with Crippen molar-refractivity contribution in [2.24, 2.45) is 5.11 Å². The average Bonchev–Trinajstić information content (AvgIpc) is 2.76. The first-order chi connectivity index (χ1) is 14.1. The molecule has 2 aromatic rings. The smallest absolute Gasteiger partial charge is 0.338 e. The zero-order valence-corrected chi connectivity index (χ0v) is 17.1. The lowest BCUT2D eigenvalue weighted by atomic mass is 9.98. The molecule has 1 saturated heterocycles. The van der Waals surface area contributed by atoms with Gasteiger partial charge in [0.1, 0.15) is 11.5 Å². The fourth-order valence-corrected chi connectivity index (χ4v) is 4.01. The molecule has 7 nitrogen and oxygen atoms in total. The van der Waals surface area contributed by atoms with E-state index in [4.69, 9.17) is 19.7 Å². The summed E-state index contributed by atoms with van der Waals surface area (Å²) in [5.74, 6) is -0.471. The maximum atomic E-state index is 12.7. The van der Waals surface area contributed by atoms with Gasteiger partial charge >= 0.3 is 5.97 Å². The Bertz CT molecular complexity index is 846. The quantitative estimate of drug-likeness (QED) is 0.286. The van der Waals surface area contributed by atoms with Gasteiger partial charge in [-0.25, -0.2) is 4.79 Å². The molecular weight excluding hydrogens is 390 g/mol. The number of rotatable bonds is 7. The second-order valence-electron chi connectivity index (χ2n) is 6.64. The van der Waals surface area contributed by atoms with Crippen molar-refractivity contribution in [2.45, 2.75) is 43.3 Å². The summed E-state index contributed by atoms with van der Waals surface area (Å²) < 4.78 is 17.9. The zero-order valence-electron chi connectivity index (χ0n) is 16.3. The molecule has 1 aliphatic rings. The molecule has 0 amide bonds. The number of benzene rings is 2. The average molecular weight is 413 g/mol. The third-order valence-electron chi connectivity index (χ3n) is 4.71. The summed E-state index contributed by atoms with van der Waals surface area (Å²) in [6.07, 6.45) is 0.131. The summed E-state index contributed by atoms with van der Waals surface area (Å²) in [6.45, 7) is 2.13. The molecule has 2 aromatic carbocycles. The van der Waals surface area contributed by atoms with Crippen LogP contribution in [0, 0.1) is 0 Å². The van der Waals surface area contributed by atoms with E-state index in [0.29, 0.717) is 12.2 Å². The lowest BCUT2D eigenvalue weighted by Crippen LogP contribution is -2.57. The highest BCUT2D eigenvalue weighted by Crippen LogP contribution is 2.33. The number of azide groups is 1. The summed E-state index contributed by atoms with van der Waals surface area (Å²) in [4.78, 5) is 15.6. The summed E-state index contributed by atoms with van der Waals surface area (Å²) in [5.41, 5.74) is 10.0. The van der Waals surface area contributed by atoms with E-state index >= 15 is 0 Å². The van der Waals surface area contributed by atoms with Crippen LogP contribution in [0.5, 0.6) is 0 Å². The van der Waals surface area contributed by atoms with Crippen LogP contribution < -0.4 is 0 Å². The molecule has 0 spiro atoms. The monoisotopic (exact) mass is 413 g/mol. The van der Waals surface area contributed by atoms with Crippen molar-refractivity contribution in [3.63, 3.8) is 0 Å². The van der Waals surface area contributed by atoms with Gasteiger partial charge in [0, 0.05) is 4.91 Å². The van der Waals surface area contributed by atoms with Crippen LogP contribution in [0.15, 0.2) is 65.8 Å². The van der Waals surface area contributed by atoms with Crippen LogP contribution in [0.25, 0.3) is 10.4 Å². The minimum Gasteiger partial charge on any atom is -0.452 e. The third-order valence-corrected chi connectivity index (χ3v) is 5.56. The minimum atomic E-state index is -0.729. The molecule has 0 radical (unpaired) electrons. The van der Waals surface area contributed by atoms with Gasteiger partial charge in [-0.15, -0.1) is 11.8 Å².